The number of nitrogens with one attached hydrogen (secondary N) is 1. The number of ether oxygens (including phenoxy) is 1. The van der Waals surface area contributed by atoms with Crippen molar-refractivity contribution in [3.8, 4) is 11.4 Å². The number of carbonyl (C=O) groups excluding carboxylic acids is 1. The molecule has 0 saturated carbocycles. The lowest BCUT2D eigenvalue weighted by Gasteiger charge is -2.08. The van der Waals surface area contributed by atoms with Crippen LogP contribution in [0.2, 0.25) is 5.02 Å². The highest BCUT2D eigenvalue weighted by atomic mass is 35.5. The molecule has 4 rings (SSSR count). The number of benzene rings is 3. The van der Waals surface area contributed by atoms with Crippen LogP contribution in [0, 0.1) is 5.82 Å². The Morgan fingerprint density at radius 2 is 1.83 bits per heavy atom. The van der Waals surface area contributed by atoms with Crippen LogP contribution in [0.3, 0.4) is 0 Å². The smallest absolute Gasteiger partial charge is 0.255 e. The van der Waals surface area contributed by atoms with Crippen molar-refractivity contribution in [2.24, 2.45) is 0 Å². The summed E-state index contributed by atoms with van der Waals surface area (Å²) in [7, 11) is 0. The number of amides is 1. The molecule has 0 bridgehead atoms. The van der Waals surface area contributed by atoms with Gasteiger partial charge in [0, 0.05) is 11.3 Å². The van der Waals surface area contributed by atoms with E-state index < -0.39 is 0 Å². The van der Waals surface area contributed by atoms with Crippen molar-refractivity contribution in [3.05, 3.63) is 77.1 Å². The van der Waals surface area contributed by atoms with Gasteiger partial charge in [0.15, 0.2) is 0 Å². The summed E-state index contributed by atoms with van der Waals surface area (Å²) in [5, 5.41) is 12.0. The highest BCUT2D eigenvalue weighted by Crippen LogP contribution is 2.26. The molecule has 3 aromatic carbocycles. The largest absolute Gasteiger partial charge is 0.492 e. The van der Waals surface area contributed by atoms with Crippen LogP contribution in [-0.2, 0) is 0 Å². The molecule has 1 amide bonds. The number of anilines is 1. The second-order valence-corrected chi connectivity index (χ2v) is 6.61. The van der Waals surface area contributed by atoms with Gasteiger partial charge in [0.2, 0.25) is 0 Å². The predicted molar refractivity (Wildman–Crippen MR) is 109 cm³/mol. The zero-order valence-corrected chi connectivity index (χ0v) is 16.2. The highest BCUT2D eigenvalue weighted by Gasteiger charge is 2.11. The molecule has 29 heavy (non-hydrogen) atoms. The lowest BCUT2D eigenvalue weighted by Crippen LogP contribution is -2.11. The molecule has 0 saturated heterocycles. The molecule has 8 heteroatoms. The zero-order valence-electron chi connectivity index (χ0n) is 15.4. The molecule has 0 spiro atoms. The first kappa shape index (κ1) is 18.9. The van der Waals surface area contributed by atoms with Gasteiger partial charge in [-0.05, 0) is 67.6 Å². The van der Waals surface area contributed by atoms with Crippen molar-refractivity contribution in [2.75, 3.05) is 11.9 Å². The molecule has 0 unspecified atom stereocenters. The fourth-order valence-electron chi connectivity index (χ4n) is 2.80. The first-order chi connectivity index (χ1) is 14.0. The molecular formula is C21H16ClFN4O2. The van der Waals surface area contributed by atoms with Gasteiger partial charge in [0.25, 0.3) is 5.91 Å². The summed E-state index contributed by atoms with van der Waals surface area (Å²) in [6.07, 6.45) is 0. The average Bonchev–Trinajstić information content (AvgIpc) is 3.13. The van der Waals surface area contributed by atoms with E-state index in [2.05, 4.69) is 15.5 Å². The van der Waals surface area contributed by atoms with Crippen LogP contribution in [0.4, 0.5) is 10.1 Å². The topological polar surface area (TPSA) is 69.0 Å². The molecule has 0 atom stereocenters. The number of carbonyl (C=O) groups is 1. The Bertz CT molecular complexity index is 1190. The second kappa shape index (κ2) is 7.89. The maximum Gasteiger partial charge on any atom is 0.255 e. The van der Waals surface area contributed by atoms with Crippen molar-refractivity contribution >= 4 is 34.2 Å². The number of nitrogens with zero attached hydrogens (tertiary/aromatic N) is 3. The van der Waals surface area contributed by atoms with Crippen molar-refractivity contribution in [1.29, 1.82) is 0 Å². The first-order valence-corrected chi connectivity index (χ1v) is 9.28. The second-order valence-electron chi connectivity index (χ2n) is 6.20. The van der Waals surface area contributed by atoms with E-state index >= 15 is 0 Å². The quantitative estimate of drug-likeness (QED) is 0.510. The minimum absolute atomic E-state index is 0.305. The Morgan fingerprint density at radius 3 is 2.55 bits per heavy atom. The Hall–Kier alpha value is -3.45. The van der Waals surface area contributed by atoms with Crippen LogP contribution in [0.1, 0.15) is 17.3 Å². The van der Waals surface area contributed by atoms with Gasteiger partial charge < -0.3 is 10.1 Å². The summed E-state index contributed by atoms with van der Waals surface area (Å²) < 4.78 is 18.5. The molecular weight excluding hydrogens is 395 g/mol. The normalized spacial score (nSPS) is 10.9. The van der Waals surface area contributed by atoms with Gasteiger partial charge in [0.1, 0.15) is 22.6 Å². The Kier molecular flexibility index (Phi) is 5.14. The van der Waals surface area contributed by atoms with Crippen molar-refractivity contribution in [2.45, 2.75) is 6.92 Å². The van der Waals surface area contributed by atoms with E-state index in [1.54, 1.807) is 48.5 Å². The van der Waals surface area contributed by atoms with Crippen LogP contribution in [0.15, 0.2) is 60.7 Å². The highest BCUT2D eigenvalue weighted by molar-refractivity contribution is 6.32. The van der Waals surface area contributed by atoms with Gasteiger partial charge in [-0.2, -0.15) is 4.80 Å². The SMILES string of the molecule is CCOc1ccc(C(=O)Nc2ccc3nn(-c4ccc(F)cc4)nc3c2)cc1Cl. The van der Waals surface area contributed by atoms with Gasteiger partial charge in [-0.15, -0.1) is 10.2 Å². The van der Waals surface area contributed by atoms with E-state index in [4.69, 9.17) is 16.3 Å². The van der Waals surface area contributed by atoms with Crippen LogP contribution >= 0.6 is 11.6 Å². The minimum atomic E-state index is -0.329. The predicted octanol–water partition coefficient (Wildman–Crippen LogP) is 4.86. The van der Waals surface area contributed by atoms with Crippen LogP contribution in [0.25, 0.3) is 16.7 Å². The number of rotatable bonds is 5. The van der Waals surface area contributed by atoms with E-state index in [-0.39, 0.29) is 11.7 Å². The molecule has 0 aliphatic carbocycles. The third-order valence-electron chi connectivity index (χ3n) is 4.19. The van der Waals surface area contributed by atoms with Crippen molar-refractivity contribution in [3.63, 3.8) is 0 Å². The van der Waals surface area contributed by atoms with Gasteiger partial charge in [-0.1, -0.05) is 11.6 Å². The van der Waals surface area contributed by atoms with Crippen LogP contribution < -0.4 is 10.1 Å². The molecule has 1 heterocycles. The number of hydrogen-bond acceptors (Lipinski definition) is 4. The number of halogens is 2. The van der Waals surface area contributed by atoms with Gasteiger partial charge in [-0.25, -0.2) is 4.39 Å². The van der Waals surface area contributed by atoms with Crippen LogP contribution in [0.5, 0.6) is 5.75 Å². The van der Waals surface area contributed by atoms with Gasteiger partial charge in [-0.3, -0.25) is 4.79 Å². The summed E-state index contributed by atoms with van der Waals surface area (Å²) in [6, 6.07) is 16.0. The van der Waals surface area contributed by atoms with Crippen molar-refractivity contribution in [1.82, 2.24) is 15.0 Å². The fourth-order valence-corrected chi connectivity index (χ4v) is 3.04. The lowest BCUT2D eigenvalue weighted by molar-refractivity contribution is 0.102. The fraction of sp³-hybridized carbons (Fsp3) is 0.0952. The number of fused-ring (bicyclic) bond motifs is 1. The molecule has 1 aromatic heterocycles. The van der Waals surface area contributed by atoms with Gasteiger partial charge >= 0.3 is 0 Å². The van der Waals surface area contributed by atoms with Gasteiger partial charge in [0.05, 0.1) is 17.3 Å². The summed E-state index contributed by atoms with van der Waals surface area (Å²) >= 11 is 6.15. The summed E-state index contributed by atoms with van der Waals surface area (Å²) in [5.41, 5.74) is 2.86. The first-order valence-electron chi connectivity index (χ1n) is 8.90. The Balaban J connectivity index is 1.56. The molecule has 1 N–H and O–H groups in total. The third kappa shape index (κ3) is 4.05. The minimum Gasteiger partial charge on any atom is -0.492 e. The summed E-state index contributed by atoms with van der Waals surface area (Å²) in [6.45, 7) is 2.35. The molecule has 0 aliphatic rings. The lowest BCUT2D eigenvalue weighted by atomic mass is 10.2. The average molecular weight is 411 g/mol. The van der Waals surface area contributed by atoms with E-state index in [0.717, 1.165) is 0 Å². The number of hydrogen-bond donors (Lipinski definition) is 1. The maximum absolute atomic E-state index is 13.1. The Labute approximate surface area is 170 Å². The monoisotopic (exact) mass is 410 g/mol. The van der Waals surface area contributed by atoms with Crippen LogP contribution in [-0.4, -0.2) is 27.5 Å². The molecule has 146 valence electrons. The number of aromatic nitrogens is 3. The van der Waals surface area contributed by atoms with E-state index in [0.29, 0.717) is 45.4 Å². The molecule has 6 nitrogen and oxygen atoms in total. The van der Waals surface area contributed by atoms with E-state index in [1.807, 2.05) is 6.92 Å². The van der Waals surface area contributed by atoms with Crippen molar-refractivity contribution < 1.29 is 13.9 Å². The summed E-state index contributed by atoms with van der Waals surface area (Å²) in [5.74, 6) is -0.102. The van der Waals surface area contributed by atoms with E-state index in [1.165, 1.54) is 16.9 Å². The zero-order chi connectivity index (χ0) is 20.4. The van der Waals surface area contributed by atoms with E-state index in [9.17, 15) is 9.18 Å². The Morgan fingerprint density at radius 1 is 1.07 bits per heavy atom. The molecule has 4 aromatic rings. The molecule has 0 aliphatic heterocycles. The standard InChI is InChI=1S/C21H16ClFN4O2/c1-2-29-20-10-3-13(11-17(20)22)21(28)24-15-6-9-18-19(12-15)26-27(25-18)16-7-4-14(23)5-8-16/h3-12H,2H2,1H3,(H,24,28). The molecule has 0 radical (unpaired) electrons. The third-order valence-corrected chi connectivity index (χ3v) is 4.49. The molecule has 0 fully saturated rings. The maximum atomic E-state index is 13.1. The summed E-state index contributed by atoms with van der Waals surface area (Å²) in [4.78, 5) is 14.0.